The van der Waals surface area contributed by atoms with Gasteiger partial charge in [-0.05, 0) is 37.0 Å². The molecule has 9 heteroatoms. The first-order valence-corrected chi connectivity index (χ1v) is 9.63. The van der Waals surface area contributed by atoms with E-state index in [1.54, 1.807) is 17.0 Å². The molecule has 2 saturated heterocycles. The van der Waals surface area contributed by atoms with Gasteiger partial charge in [-0.15, -0.1) is 0 Å². The Morgan fingerprint density at radius 3 is 2.74 bits per heavy atom. The van der Waals surface area contributed by atoms with Crippen molar-refractivity contribution in [3.8, 4) is 0 Å². The van der Waals surface area contributed by atoms with E-state index in [4.69, 9.17) is 23.2 Å². The summed E-state index contributed by atoms with van der Waals surface area (Å²) in [6, 6.07) is 2.97. The number of benzene rings is 1. The Labute approximate surface area is 167 Å². The molecule has 27 heavy (non-hydrogen) atoms. The predicted octanol–water partition coefficient (Wildman–Crippen LogP) is 2.63. The SMILES string of the molecule is CC(C)C[C@H]1NC(=O)[C@@H]2C[C@H](NC(=O)Nc3ccc(Cl)cc3Cl)CN2C1=O. The number of amides is 4. The van der Waals surface area contributed by atoms with Gasteiger partial charge in [0.15, 0.2) is 0 Å². The smallest absolute Gasteiger partial charge is 0.319 e. The summed E-state index contributed by atoms with van der Waals surface area (Å²) in [4.78, 5) is 38.8. The zero-order chi connectivity index (χ0) is 19.7. The molecule has 0 aromatic heterocycles. The summed E-state index contributed by atoms with van der Waals surface area (Å²) in [5, 5.41) is 9.07. The maximum Gasteiger partial charge on any atom is 0.319 e. The van der Waals surface area contributed by atoms with Gasteiger partial charge in [-0.3, -0.25) is 9.59 Å². The van der Waals surface area contributed by atoms with E-state index in [2.05, 4.69) is 16.0 Å². The Hall–Kier alpha value is -1.99. The van der Waals surface area contributed by atoms with Crippen LogP contribution in [-0.4, -0.2) is 47.4 Å². The zero-order valence-corrected chi connectivity index (χ0v) is 16.6. The molecule has 2 fully saturated rings. The van der Waals surface area contributed by atoms with E-state index in [-0.39, 0.29) is 17.9 Å². The summed E-state index contributed by atoms with van der Waals surface area (Å²) in [7, 11) is 0. The van der Waals surface area contributed by atoms with Gasteiger partial charge in [0.1, 0.15) is 12.1 Å². The molecular formula is C18H22Cl2N4O3. The Balaban J connectivity index is 1.61. The lowest BCUT2D eigenvalue weighted by Gasteiger charge is -2.35. The molecule has 0 unspecified atom stereocenters. The van der Waals surface area contributed by atoms with E-state index >= 15 is 0 Å². The van der Waals surface area contributed by atoms with Crippen molar-refractivity contribution in [3.05, 3.63) is 28.2 Å². The second-order valence-electron chi connectivity index (χ2n) is 7.35. The van der Waals surface area contributed by atoms with Crippen LogP contribution in [0.4, 0.5) is 10.5 Å². The molecule has 0 spiro atoms. The third-order valence-corrected chi connectivity index (χ3v) is 5.27. The third-order valence-electron chi connectivity index (χ3n) is 4.72. The standard InChI is InChI=1S/C18H22Cl2N4O3/c1-9(2)5-14-17(26)24-8-11(7-15(24)16(25)22-14)21-18(27)23-13-4-3-10(19)6-12(13)20/h3-4,6,9,11,14-15H,5,7-8H2,1-2H3,(H,22,25)(H2,21,23,27)/t11-,14+,15-/m0/s1. The first kappa shape index (κ1) is 19.8. The Morgan fingerprint density at radius 2 is 2.07 bits per heavy atom. The highest BCUT2D eigenvalue weighted by Crippen LogP contribution is 2.27. The maximum absolute atomic E-state index is 12.6. The van der Waals surface area contributed by atoms with Crippen LogP contribution in [0.3, 0.4) is 0 Å². The number of hydrogen-bond acceptors (Lipinski definition) is 3. The van der Waals surface area contributed by atoms with Gasteiger partial charge in [0.05, 0.1) is 16.8 Å². The Kier molecular flexibility index (Phi) is 5.81. The number of carbonyl (C=O) groups is 3. The monoisotopic (exact) mass is 412 g/mol. The number of rotatable bonds is 4. The highest BCUT2D eigenvalue weighted by atomic mass is 35.5. The molecule has 0 radical (unpaired) electrons. The lowest BCUT2D eigenvalue weighted by atomic mass is 9.99. The highest BCUT2D eigenvalue weighted by Gasteiger charge is 2.46. The third kappa shape index (κ3) is 4.47. The second kappa shape index (κ2) is 7.94. The number of hydrogen-bond donors (Lipinski definition) is 3. The van der Waals surface area contributed by atoms with Gasteiger partial charge in [0.25, 0.3) is 0 Å². The summed E-state index contributed by atoms with van der Waals surface area (Å²) in [6.07, 6.45) is 0.981. The summed E-state index contributed by atoms with van der Waals surface area (Å²) >= 11 is 11.9. The van der Waals surface area contributed by atoms with Crippen molar-refractivity contribution >= 4 is 46.7 Å². The first-order chi connectivity index (χ1) is 12.7. The molecule has 0 saturated carbocycles. The minimum atomic E-state index is -0.537. The van der Waals surface area contributed by atoms with E-state index < -0.39 is 18.1 Å². The maximum atomic E-state index is 12.6. The molecule has 1 aromatic rings. The van der Waals surface area contributed by atoms with Crippen molar-refractivity contribution in [3.63, 3.8) is 0 Å². The molecule has 146 valence electrons. The number of halogens is 2. The summed E-state index contributed by atoms with van der Waals surface area (Å²) in [5.41, 5.74) is 0.431. The number of nitrogens with zero attached hydrogens (tertiary/aromatic N) is 1. The number of anilines is 1. The molecule has 3 rings (SSSR count). The van der Waals surface area contributed by atoms with Crippen LogP contribution in [0, 0.1) is 5.92 Å². The average molecular weight is 413 g/mol. The van der Waals surface area contributed by atoms with Gasteiger partial charge in [-0.2, -0.15) is 0 Å². The molecule has 4 amide bonds. The zero-order valence-electron chi connectivity index (χ0n) is 15.1. The van der Waals surface area contributed by atoms with E-state index in [9.17, 15) is 14.4 Å². The normalized spacial score (nSPS) is 24.6. The summed E-state index contributed by atoms with van der Waals surface area (Å²) in [6.45, 7) is 4.32. The highest BCUT2D eigenvalue weighted by molar-refractivity contribution is 6.36. The van der Waals surface area contributed by atoms with Gasteiger partial charge in [0, 0.05) is 11.6 Å². The van der Waals surface area contributed by atoms with Crippen LogP contribution in [0.1, 0.15) is 26.7 Å². The van der Waals surface area contributed by atoms with E-state index in [1.165, 1.54) is 6.07 Å². The molecular weight excluding hydrogens is 391 g/mol. The number of urea groups is 1. The second-order valence-corrected chi connectivity index (χ2v) is 8.20. The van der Waals surface area contributed by atoms with Crippen LogP contribution in [-0.2, 0) is 9.59 Å². The summed E-state index contributed by atoms with van der Waals surface area (Å²) in [5.74, 6) is 0.0479. The van der Waals surface area contributed by atoms with Gasteiger partial charge >= 0.3 is 6.03 Å². The molecule has 1 aromatic carbocycles. The van der Waals surface area contributed by atoms with E-state index in [0.717, 1.165) is 0 Å². The van der Waals surface area contributed by atoms with Crippen molar-refractivity contribution in [2.75, 3.05) is 11.9 Å². The largest absolute Gasteiger partial charge is 0.342 e. The number of fused-ring (bicyclic) bond motifs is 1. The fraction of sp³-hybridized carbons (Fsp3) is 0.500. The minimum Gasteiger partial charge on any atom is -0.342 e. The Bertz CT molecular complexity index is 771. The van der Waals surface area contributed by atoms with Crippen LogP contribution in [0.25, 0.3) is 0 Å². The molecule has 2 heterocycles. The molecule has 2 aliphatic rings. The Morgan fingerprint density at radius 1 is 1.33 bits per heavy atom. The van der Waals surface area contributed by atoms with Crippen molar-refractivity contribution in [1.29, 1.82) is 0 Å². The number of nitrogens with one attached hydrogen (secondary N) is 3. The van der Waals surface area contributed by atoms with Crippen molar-refractivity contribution in [2.24, 2.45) is 5.92 Å². The predicted molar refractivity (Wildman–Crippen MR) is 104 cm³/mol. The van der Waals surface area contributed by atoms with Crippen LogP contribution in [0.5, 0.6) is 0 Å². The van der Waals surface area contributed by atoms with Gasteiger partial charge in [0.2, 0.25) is 11.8 Å². The average Bonchev–Trinajstić information content (AvgIpc) is 2.99. The molecule has 0 bridgehead atoms. The van der Waals surface area contributed by atoms with Crippen molar-refractivity contribution < 1.29 is 14.4 Å². The van der Waals surface area contributed by atoms with Crippen LogP contribution < -0.4 is 16.0 Å². The van der Waals surface area contributed by atoms with Crippen LogP contribution >= 0.6 is 23.2 Å². The van der Waals surface area contributed by atoms with Crippen molar-refractivity contribution in [1.82, 2.24) is 15.5 Å². The first-order valence-electron chi connectivity index (χ1n) is 8.88. The van der Waals surface area contributed by atoms with Crippen LogP contribution in [0.15, 0.2) is 18.2 Å². The van der Waals surface area contributed by atoms with Crippen molar-refractivity contribution in [2.45, 2.75) is 44.8 Å². The number of carbonyl (C=O) groups excluding carboxylic acids is 3. The van der Waals surface area contributed by atoms with E-state index in [0.29, 0.717) is 41.0 Å². The fourth-order valence-corrected chi connectivity index (χ4v) is 3.98. The molecule has 0 aliphatic carbocycles. The topological polar surface area (TPSA) is 90.5 Å². The van der Waals surface area contributed by atoms with Gasteiger partial charge < -0.3 is 20.9 Å². The minimum absolute atomic E-state index is 0.0845. The fourth-order valence-electron chi connectivity index (χ4n) is 3.53. The van der Waals surface area contributed by atoms with Gasteiger partial charge in [-0.1, -0.05) is 37.0 Å². The molecule has 3 atom stereocenters. The lowest BCUT2D eigenvalue weighted by Crippen LogP contribution is -2.61. The summed E-state index contributed by atoms with van der Waals surface area (Å²) < 4.78 is 0. The quantitative estimate of drug-likeness (QED) is 0.709. The molecule has 3 N–H and O–H groups in total. The molecule has 7 nitrogen and oxygen atoms in total. The number of piperazine rings is 1. The lowest BCUT2D eigenvalue weighted by molar-refractivity contribution is -0.147. The van der Waals surface area contributed by atoms with E-state index in [1.807, 2.05) is 13.8 Å². The molecule has 2 aliphatic heterocycles. The van der Waals surface area contributed by atoms with Crippen LogP contribution in [0.2, 0.25) is 10.0 Å². The van der Waals surface area contributed by atoms with Gasteiger partial charge in [-0.25, -0.2) is 4.79 Å².